The van der Waals surface area contributed by atoms with Crippen molar-refractivity contribution in [3.63, 3.8) is 0 Å². The molecule has 0 spiro atoms. The Morgan fingerprint density at radius 3 is 0.469 bits per heavy atom. The van der Waals surface area contributed by atoms with Gasteiger partial charge in [-0.2, -0.15) is 0 Å². The smallest absolute Gasteiger partial charge is 0.137 e. The number of benzene rings is 6. The molecule has 0 fully saturated rings. The molecule has 0 atom stereocenters. The summed E-state index contributed by atoms with van der Waals surface area (Å²) in [5, 5.41) is 25.2. The summed E-state index contributed by atoms with van der Waals surface area (Å²) in [6.45, 7) is 0. The molecule has 0 saturated heterocycles. The highest BCUT2D eigenvalue weighted by atomic mass is 16.5. The Labute approximate surface area is 293 Å². The predicted molar refractivity (Wildman–Crippen MR) is 204 cm³/mol. The van der Waals surface area contributed by atoms with Crippen molar-refractivity contribution < 1.29 is 15.1 Å². The molecule has 49 heavy (non-hydrogen) atoms. The summed E-state index contributed by atoms with van der Waals surface area (Å²) in [4.78, 5) is 0. The zero-order chi connectivity index (χ0) is 35.8. The molecule has 0 aliphatic heterocycles. The average molecular weight is 654 g/mol. The summed E-state index contributed by atoms with van der Waals surface area (Å²) < 4.78 is 2.34. The molecule has 0 N–H and O–H groups in total. The van der Waals surface area contributed by atoms with E-state index < -0.39 is 7.32 Å². The molecule has 0 radical (unpaired) electrons. The van der Waals surface area contributed by atoms with Crippen molar-refractivity contribution in [1.82, 2.24) is 13.4 Å². The lowest BCUT2D eigenvalue weighted by atomic mass is 10.2. The SMILES string of the molecule is C[N+](C)(c1ccccc1)c1ccccc1.C[N+](C)(c1ccccc1)c1ccccc1.C[N+](C)(c1ccccc1)c1ccccc1.[O-]B([O-])[O-]. The van der Waals surface area contributed by atoms with Crippen molar-refractivity contribution in [3.8, 4) is 0 Å². The number of rotatable bonds is 6. The van der Waals surface area contributed by atoms with Crippen molar-refractivity contribution in [1.29, 1.82) is 0 Å². The van der Waals surface area contributed by atoms with Gasteiger partial charge in [0.25, 0.3) is 0 Å². The molecular formula is C42H48BN3O3. The molecule has 0 saturated carbocycles. The first kappa shape index (κ1) is 38.6. The quantitative estimate of drug-likeness (QED) is 0.147. The minimum absolute atomic E-state index is 0.779. The number of hydrogen-bond acceptors (Lipinski definition) is 3. The third-order valence-corrected chi connectivity index (χ3v) is 8.41. The lowest BCUT2D eigenvalue weighted by molar-refractivity contribution is -0.479. The van der Waals surface area contributed by atoms with Gasteiger partial charge < -0.3 is 15.1 Å². The fourth-order valence-corrected chi connectivity index (χ4v) is 5.25. The van der Waals surface area contributed by atoms with Crippen LogP contribution < -0.4 is 28.5 Å². The molecule has 0 bridgehead atoms. The van der Waals surface area contributed by atoms with E-state index in [4.69, 9.17) is 15.1 Å². The first-order chi connectivity index (χ1) is 23.4. The first-order valence-electron chi connectivity index (χ1n) is 16.2. The molecule has 0 aliphatic carbocycles. The molecule has 7 heteroatoms. The van der Waals surface area contributed by atoms with Gasteiger partial charge in [-0.3, -0.25) is 20.8 Å². The summed E-state index contributed by atoms with van der Waals surface area (Å²) in [5.41, 5.74) is 7.77. The minimum Gasteiger partial charge on any atom is -0.907 e. The van der Waals surface area contributed by atoms with E-state index >= 15 is 0 Å². The van der Waals surface area contributed by atoms with Crippen molar-refractivity contribution in [2.24, 2.45) is 0 Å². The topological polar surface area (TPSA) is 69.2 Å². The van der Waals surface area contributed by atoms with Gasteiger partial charge in [0, 0.05) is 0 Å². The van der Waals surface area contributed by atoms with Crippen LogP contribution >= 0.6 is 0 Å². The van der Waals surface area contributed by atoms with E-state index in [0.29, 0.717) is 0 Å². The van der Waals surface area contributed by atoms with E-state index in [1.807, 2.05) is 0 Å². The third kappa shape index (κ3) is 11.7. The number of quaternary nitrogens is 3. The number of nitrogens with zero attached hydrogens (tertiary/aromatic N) is 3. The maximum absolute atomic E-state index is 8.42. The van der Waals surface area contributed by atoms with Crippen LogP contribution in [0, 0.1) is 0 Å². The van der Waals surface area contributed by atoms with Crippen molar-refractivity contribution >= 4 is 41.4 Å². The molecule has 6 rings (SSSR count). The standard InChI is InChI=1S/3C14H16N.BO3/c3*1-15(2,13-9-5-3-6-10-13)14-11-7-4-8-12-14;2-1(3)4/h3*3-12H,1-2H3;/q3*+1;-3. The summed E-state index contributed by atoms with van der Waals surface area (Å²) in [7, 11) is 10.3. The zero-order valence-electron chi connectivity index (χ0n) is 29.5. The van der Waals surface area contributed by atoms with E-state index in [0.717, 1.165) is 13.4 Å². The largest absolute Gasteiger partial charge is 0.907 e. The Kier molecular flexibility index (Phi) is 14.7. The lowest BCUT2D eigenvalue weighted by Gasteiger charge is -2.35. The molecule has 6 aromatic rings. The van der Waals surface area contributed by atoms with Crippen LogP contribution in [0.25, 0.3) is 0 Å². The van der Waals surface area contributed by atoms with Crippen molar-refractivity contribution in [3.05, 3.63) is 182 Å². The van der Waals surface area contributed by atoms with Gasteiger partial charge in [-0.1, -0.05) is 109 Å². The van der Waals surface area contributed by atoms with E-state index in [2.05, 4.69) is 224 Å². The molecule has 0 aromatic heterocycles. The second-order valence-corrected chi connectivity index (χ2v) is 12.7. The average Bonchev–Trinajstić information content (AvgIpc) is 3.14. The highest BCUT2D eigenvalue weighted by Gasteiger charge is 2.23. The Morgan fingerprint density at radius 2 is 0.367 bits per heavy atom. The van der Waals surface area contributed by atoms with Gasteiger partial charge in [0.15, 0.2) is 0 Å². The van der Waals surface area contributed by atoms with E-state index in [1.54, 1.807) is 0 Å². The van der Waals surface area contributed by atoms with E-state index in [-0.39, 0.29) is 0 Å². The molecule has 0 amide bonds. The summed E-state index contributed by atoms with van der Waals surface area (Å²) >= 11 is 0. The van der Waals surface area contributed by atoms with Crippen LogP contribution in [0.15, 0.2) is 182 Å². The summed E-state index contributed by atoms with van der Waals surface area (Å²) in [6.07, 6.45) is 0. The van der Waals surface area contributed by atoms with Crippen LogP contribution in [0.4, 0.5) is 34.1 Å². The highest BCUT2D eigenvalue weighted by Crippen LogP contribution is 2.31. The summed E-state index contributed by atoms with van der Waals surface area (Å²) in [6, 6.07) is 63.2. The third-order valence-electron chi connectivity index (χ3n) is 8.41. The fraction of sp³-hybridized carbons (Fsp3) is 0.143. The molecule has 6 aromatic carbocycles. The normalized spacial score (nSPS) is 11.0. The van der Waals surface area contributed by atoms with Gasteiger partial charge in [0.2, 0.25) is 0 Å². The van der Waals surface area contributed by atoms with Crippen LogP contribution in [-0.4, -0.2) is 49.6 Å². The molecule has 252 valence electrons. The first-order valence-corrected chi connectivity index (χ1v) is 16.2. The van der Waals surface area contributed by atoms with Crippen LogP contribution in [-0.2, 0) is 0 Å². The Bertz CT molecular complexity index is 1400. The van der Waals surface area contributed by atoms with Gasteiger partial charge >= 0.3 is 0 Å². The Balaban J connectivity index is 0.000000188. The maximum atomic E-state index is 8.42. The predicted octanol–water partition coefficient (Wildman–Crippen LogP) is 6.81. The van der Waals surface area contributed by atoms with Crippen molar-refractivity contribution in [2.75, 3.05) is 42.3 Å². The lowest BCUT2D eigenvalue weighted by Crippen LogP contribution is -2.56. The van der Waals surface area contributed by atoms with Crippen LogP contribution in [0.1, 0.15) is 0 Å². The van der Waals surface area contributed by atoms with E-state index in [9.17, 15) is 0 Å². The molecule has 6 nitrogen and oxygen atoms in total. The van der Waals surface area contributed by atoms with Gasteiger partial charge in [-0.15, -0.1) is 0 Å². The number of hydrogen-bond donors (Lipinski definition) is 0. The highest BCUT2D eigenvalue weighted by molar-refractivity contribution is 6.24. The van der Waals surface area contributed by atoms with Crippen molar-refractivity contribution in [2.45, 2.75) is 0 Å². The zero-order valence-corrected chi connectivity index (χ0v) is 29.5. The van der Waals surface area contributed by atoms with Crippen LogP contribution in [0.3, 0.4) is 0 Å². The van der Waals surface area contributed by atoms with Gasteiger partial charge in [-0.25, -0.2) is 0 Å². The van der Waals surface area contributed by atoms with Crippen LogP contribution in [0.5, 0.6) is 0 Å². The van der Waals surface area contributed by atoms with Crippen LogP contribution in [0.2, 0.25) is 0 Å². The second kappa shape index (κ2) is 18.6. The van der Waals surface area contributed by atoms with Gasteiger partial charge in [-0.05, 0) is 72.8 Å². The van der Waals surface area contributed by atoms with Gasteiger partial charge in [0.05, 0.1) is 42.3 Å². The minimum atomic E-state index is -2.92. The monoisotopic (exact) mass is 653 g/mol. The number of para-hydroxylation sites is 6. The Morgan fingerprint density at radius 1 is 0.265 bits per heavy atom. The Hall–Kier alpha value is -4.86. The van der Waals surface area contributed by atoms with E-state index in [1.165, 1.54) is 34.1 Å². The molecular weight excluding hydrogens is 605 g/mol. The fourth-order valence-electron chi connectivity index (χ4n) is 5.25. The molecule has 0 unspecified atom stereocenters. The van der Waals surface area contributed by atoms with Gasteiger partial charge in [0.1, 0.15) is 34.1 Å². The maximum Gasteiger partial charge on any atom is 0.137 e. The second-order valence-electron chi connectivity index (χ2n) is 12.7. The molecule has 0 heterocycles. The molecule has 0 aliphatic rings. The summed E-state index contributed by atoms with van der Waals surface area (Å²) in [5.74, 6) is 0.